The number of ether oxygens (including phenoxy) is 4. The van der Waals surface area contributed by atoms with Gasteiger partial charge in [0.05, 0.1) is 13.2 Å². The van der Waals surface area contributed by atoms with Crippen LogP contribution in [0.15, 0.2) is 60.7 Å². The predicted octanol–water partition coefficient (Wildman–Crippen LogP) is 10.6. The van der Waals surface area contributed by atoms with Crippen molar-refractivity contribution in [2.45, 2.75) is 70.1 Å². The third-order valence-electron chi connectivity index (χ3n) is 8.61. The second-order valence-electron chi connectivity index (χ2n) is 12.0. The molecular weight excluding hydrogens is 655 g/mol. The van der Waals surface area contributed by atoms with Crippen LogP contribution in [0.2, 0.25) is 0 Å². The first kappa shape index (κ1) is 35.6. The molecule has 1 aliphatic carbocycles. The van der Waals surface area contributed by atoms with Crippen LogP contribution in [0.3, 0.4) is 0 Å². The lowest BCUT2D eigenvalue weighted by Crippen LogP contribution is -2.38. The summed E-state index contributed by atoms with van der Waals surface area (Å²) in [6, 6.07) is 6.26. The van der Waals surface area contributed by atoms with Crippen LogP contribution in [-0.4, -0.2) is 25.9 Å². The summed E-state index contributed by atoms with van der Waals surface area (Å²) in [5.74, 6) is -7.83. The number of allylic oxidation sites excluding steroid dienone is 2. The van der Waals surface area contributed by atoms with Gasteiger partial charge < -0.3 is 18.9 Å². The van der Waals surface area contributed by atoms with E-state index in [2.05, 4.69) is 15.5 Å². The molecule has 1 saturated carbocycles. The third kappa shape index (κ3) is 8.65. The molecule has 0 bridgehead atoms. The molecule has 0 amide bonds. The Labute approximate surface area is 271 Å². The summed E-state index contributed by atoms with van der Waals surface area (Å²) in [7, 11) is 0. The standard InChI is InChI=1S/C35H33F9O4/c1-2-3-4-5-20-18-45-33(46-19-20)22-8-6-21(7-9-22)23-10-12-26(27(36)14-23)24-15-29(38)32(30(39)16-24)34(40,41)47-25-11-13-31(28(37)17-25)48-35(42,43)44/h2-3,10-17,20-22,33H,4-9,18-19H2,1H3. The molecule has 0 N–H and O–H groups in total. The monoisotopic (exact) mass is 688 g/mol. The normalized spacial score (nSPS) is 22.2. The molecule has 13 heteroatoms. The van der Waals surface area contributed by atoms with Gasteiger partial charge in [0.2, 0.25) is 0 Å². The molecule has 1 saturated heterocycles. The Bertz CT molecular complexity index is 1570. The van der Waals surface area contributed by atoms with Crippen LogP contribution < -0.4 is 9.47 Å². The predicted molar refractivity (Wildman–Crippen MR) is 157 cm³/mol. The van der Waals surface area contributed by atoms with E-state index in [1.807, 2.05) is 13.0 Å². The number of rotatable bonds is 10. The Morgan fingerprint density at radius 2 is 1.44 bits per heavy atom. The molecule has 0 aromatic heterocycles. The van der Waals surface area contributed by atoms with Crippen molar-refractivity contribution in [3.05, 3.63) is 95.1 Å². The van der Waals surface area contributed by atoms with Gasteiger partial charge in [-0.05, 0) is 92.8 Å². The van der Waals surface area contributed by atoms with Gasteiger partial charge >= 0.3 is 12.5 Å². The van der Waals surface area contributed by atoms with Crippen LogP contribution in [0.1, 0.15) is 62.5 Å². The zero-order valence-electron chi connectivity index (χ0n) is 25.8. The summed E-state index contributed by atoms with van der Waals surface area (Å²) in [5, 5.41) is 0. The average molecular weight is 689 g/mol. The number of alkyl halides is 5. The van der Waals surface area contributed by atoms with Gasteiger partial charge in [-0.1, -0.05) is 24.3 Å². The van der Waals surface area contributed by atoms with Crippen molar-refractivity contribution < 1.29 is 58.5 Å². The van der Waals surface area contributed by atoms with Crippen LogP contribution in [0.4, 0.5) is 39.5 Å². The molecule has 1 heterocycles. The highest BCUT2D eigenvalue weighted by Crippen LogP contribution is 2.42. The molecule has 0 radical (unpaired) electrons. The van der Waals surface area contributed by atoms with Crippen molar-refractivity contribution in [3.8, 4) is 22.6 Å². The van der Waals surface area contributed by atoms with Gasteiger partial charge in [-0.2, -0.15) is 8.78 Å². The van der Waals surface area contributed by atoms with E-state index in [0.29, 0.717) is 49.0 Å². The Morgan fingerprint density at radius 1 is 0.771 bits per heavy atom. The second kappa shape index (κ2) is 14.8. The highest BCUT2D eigenvalue weighted by molar-refractivity contribution is 5.65. The molecule has 3 aromatic rings. The van der Waals surface area contributed by atoms with E-state index in [9.17, 15) is 35.1 Å². The first-order valence-corrected chi connectivity index (χ1v) is 15.5. The Kier molecular flexibility index (Phi) is 11.0. The molecule has 2 aliphatic rings. The summed E-state index contributed by atoms with van der Waals surface area (Å²) in [5.41, 5.74) is -1.74. The van der Waals surface area contributed by atoms with E-state index < -0.39 is 52.8 Å². The molecule has 0 atom stereocenters. The quantitative estimate of drug-likeness (QED) is 0.157. The summed E-state index contributed by atoms with van der Waals surface area (Å²) in [4.78, 5) is 0. The fourth-order valence-corrected chi connectivity index (χ4v) is 6.20. The second-order valence-corrected chi connectivity index (χ2v) is 12.0. The molecular formula is C35H33F9O4. The molecule has 260 valence electrons. The minimum atomic E-state index is -5.25. The van der Waals surface area contributed by atoms with Crippen molar-refractivity contribution in [3.63, 3.8) is 0 Å². The van der Waals surface area contributed by atoms with Gasteiger partial charge in [-0.3, -0.25) is 0 Å². The lowest BCUT2D eigenvalue weighted by atomic mass is 9.78. The van der Waals surface area contributed by atoms with E-state index in [1.165, 1.54) is 12.1 Å². The molecule has 1 aliphatic heterocycles. The maximum Gasteiger partial charge on any atom is 0.573 e. The fourth-order valence-electron chi connectivity index (χ4n) is 6.20. The minimum absolute atomic E-state index is 0.0348. The number of halogens is 9. The Balaban J connectivity index is 1.22. The number of benzene rings is 3. The average Bonchev–Trinajstić information content (AvgIpc) is 3.01. The SMILES string of the molecule is CC=CCCC1COC(C2CCC(c3ccc(-c4cc(F)c(C(F)(F)Oc5ccc(OC(F)(F)F)c(F)c5)c(F)c4)c(F)c3)CC2)OC1. The fraction of sp³-hybridized carbons (Fsp3) is 0.429. The van der Waals surface area contributed by atoms with Gasteiger partial charge in [-0.25, -0.2) is 17.6 Å². The van der Waals surface area contributed by atoms with Gasteiger partial charge in [0.1, 0.15) is 28.8 Å². The smallest absolute Gasteiger partial charge is 0.429 e. The van der Waals surface area contributed by atoms with Gasteiger partial charge in [0.15, 0.2) is 17.9 Å². The summed E-state index contributed by atoms with van der Waals surface area (Å²) >= 11 is 0. The van der Waals surface area contributed by atoms with E-state index in [1.54, 1.807) is 6.07 Å². The van der Waals surface area contributed by atoms with Crippen LogP contribution in [0.5, 0.6) is 11.5 Å². The van der Waals surface area contributed by atoms with Crippen molar-refractivity contribution in [2.24, 2.45) is 11.8 Å². The van der Waals surface area contributed by atoms with E-state index >= 15 is 4.39 Å². The molecule has 2 fully saturated rings. The van der Waals surface area contributed by atoms with Gasteiger partial charge in [0.25, 0.3) is 0 Å². The number of hydrogen-bond acceptors (Lipinski definition) is 4. The highest BCUT2D eigenvalue weighted by atomic mass is 19.4. The van der Waals surface area contributed by atoms with E-state index in [-0.39, 0.29) is 35.3 Å². The molecule has 0 spiro atoms. The first-order chi connectivity index (χ1) is 22.7. The molecule has 0 unspecified atom stereocenters. The Morgan fingerprint density at radius 3 is 2.02 bits per heavy atom. The maximum atomic E-state index is 15.3. The van der Waals surface area contributed by atoms with Crippen LogP contribution in [0, 0.1) is 35.1 Å². The van der Waals surface area contributed by atoms with Gasteiger partial charge in [0, 0.05) is 23.5 Å². The van der Waals surface area contributed by atoms with E-state index in [0.717, 1.165) is 38.5 Å². The van der Waals surface area contributed by atoms with E-state index in [4.69, 9.17) is 9.47 Å². The van der Waals surface area contributed by atoms with Crippen LogP contribution >= 0.6 is 0 Å². The maximum absolute atomic E-state index is 15.3. The van der Waals surface area contributed by atoms with Gasteiger partial charge in [-0.15, -0.1) is 13.2 Å². The summed E-state index contributed by atoms with van der Waals surface area (Å²) in [6.07, 6.45) is -0.985. The zero-order valence-corrected chi connectivity index (χ0v) is 25.8. The van der Waals surface area contributed by atoms with Crippen molar-refractivity contribution in [2.75, 3.05) is 13.2 Å². The lowest BCUT2D eigenvalue weighted by molar-refractivity contribution is -0.275. The summed E-state index contributed by atoms with van der Waals surface area (Å²) < 4.78 is 146. The van der Waals surface area contributed by atoms with Crippen molar-refractivity contribution in [1.82, 2.24) is 0 Å². The molecule has 48 heavy (non-hydrogen) atoms. The third-order valence-corrected chi connectivity index (χ3v) is 8.61. The van der Waals surface area contributed by atoms with Crippen LogP contribution in [-0.2, 0) is 15.6 Å². The molecule has 3 aromatic carbocycles. The molecule has 4 nitrogen and oxygen atoms in total. The zero-order chi connectivity index (χ0) is 34.6. The van der Waals surface area contributed by atoms with Crippen molar-refractivity contribution in [1.29, 1.82) is 0 Å². The topological polar surface area (TPSA) is 36.9 Å². The lowest BCUT2D eigenvalue weighted by Gasteiger charge is -2.37. The Hall–Kier alpha value is -3.71. The molecule has 5 rings (SSSR count). The largest absolute Gasteiger partial charge is 0.573 e. The summed E-state index contributed by atoms with van der Waals surface area (Å²) in [6.45, 7) is 3.29. The first-order valence-electron chi connectivity index (χ1n) is 15.5. The minimum Gasteiger partial charge on any atom is -0.429 e. The van der Waals surface area contributed by atoms with Crippen molar-refractivity contribution >= 4 is 0 Å². The highest BCUT2D eigenvalue weighted by Gasteiger charge is 2.42. The number of hydrogen-bond donors (Lipinski definition) is 0. The van der Waals surface area contributed by atoms with Crippen LogP contribution in [0.25, 0.3) is 11.1 Å².